The first-order chi connectivity index (χ1) is 6.88. The van der Waals surface area contributed by atoms with E-state index in [1.165, 1.54) is 0 Å². The zero-order chi connectivity index (χ0) is 10.2. The van der Waals surface area contributed by atoms with Crippen LogP contribution >= 0.6 is 0 Å². The van der Waals surface area contributed by atoms with E-state index in [1.807, 2.05) is 36.4 Å². The first-order valence-electron chi connectivity index (χ1n) is 4.60. The van der Waals surface area contributed by atoms with Crippen LogP contribution in [0.5, 0.6) is 0 Å². The Bertz CT molecular complexity index is 350. The van der Waals surface area contributed by atoms with Gasteiger partial charge in [-0.3, -0.25) is 0 Å². The number of aliphatic hydroxyl groups is 1. The molecular weight excluding hydrogens is 174 g/mol. The van der Waals surface area contributed by atoms with Crippen molar-refractivity contribution in [3.05, 3.63) is 41.5 Å². The quantitative estimate of drug-likeness (QED) is 0.784. The molecule has 0 unspecified atom stereocenters. The molecule has 1 aromatic carbocycles. The minimum absolute atomic E-state index is 0.156. The highest BCUT2D eigenvalue weighted by Crippen LogP contribution is 2.11. The van der Waals surface area contributed by atoms with Gasteiger partial charge < -0.3 is 5.11 Å². The van der Waals surface area contributed by atoms with E-state index in [-0.39, 0.29) is 6.61 Å². The Labute approximate surface area is 84.1 Å². The SMILES string of the molecule is N#CCC=Cc1ccccc1CCO. The summed E-state index contributed by atoms with van der Waals surface area (Å²) in [4.78, 5) is 0. The van der Waals surface area contributed by atoms with E-state index in [0.29, 0.717) is 12.8 Å². The summed E-state index contributed by atoms with van der Waals surface area (Å²) in [5.41, 5.74) is 2.20. The first-order valence-corrected chi connectivity index (χ1v) is 4.60. The molecule has 1 N–H and O–H groups in total. The second kappa shape index (κ2) is 5.95. The van der Waals surface area contributed by atoms with Gasteiger partial charge in [0, 0.05) is 6.61 Å². The summed E-state index contributed by atoms with van der Waals surface area (Å²) in [7, 11) is 0. The molecule has 0 aliphatic heterocycles. The summed E-state index contributed by atoms with van der Waals surface area (Å²) in [6.07, 6.45) is 4.84. The number of nitrogens with zero attached hydrogens (tertiary/aromatic N) is 1. The van der Waals surface area contributed by atoms with E-state index in [1.54, 1.807) is 0 Å². The summed E-state index contributed by atoms with van der Waals surface area (Å²) in [5.74, 6) is 0. The number of hydrogen-bond donors (Lipinski definition) is 1. The average Bonchev–Trinajstić information content (AvgIpc) is 2.21. The second-order valence-corrected chi connectivity index (χ2v) is 2.94. The number of hydrogen-bond acceptors (Lipinski definition) is 2. The molecule has 0 aliphatic carbocycles. The number of rotatable bonds is 4. The topological polar surface area (TPSA) is 44.0 Å². The molecule has 0 heterocycles. The molecule has 1 aromatic rings. The van der Waals surface area contributed by atoms with Crippen molar-refractivity contribution in [3.8, 4) is 6.07 Å². The summed E-state index contributed by atoms with van der Waals surface area (Å²) < 4.78 is 0. The van der Waals surface area contributed by atoms with Crippen LogP contribution in [0.15, 0.2) is 30.3 Å². The molecule has 0 bridgehead atoms. The van der Waals surface area contributed by atoms with Gasteiger partial charge in [0.05, 0.1) is 12.5 Å². The van der Waals surface area contributed by atoms with Gasteiger partial charge in [0.15, 0.2) is 0 Å². The minimum Gasteiger partial charge on any atom is -0.396 e. The standard InChI is InChI=1S/C12H13NO/c13-9-4-3-7-11-5-1-2-6-12(11)8-10-14/h1-3,5-7,14H,4,8,10H2. The van der Waals surface area contributed by atoms with E-state index in [2.05, 4.69) is 6.07 Å². The van der Waals surface area contributed by atoms with Gasteiger partial charge >= 0.3 is 0 Å². The van der Waals surface area contributed by atoms with Crippen LogP contribution in [0.25, 0.3) is 6.08 Å². The van der Waals surface area contributed by atoms with Gasteiger partial charge in [-0.2, -0.15) is 5.26 Å². The molecule has 0 amide bonds. The third-order valence-corrected chi connectivity index (χ3v) is 1.94. The zero-order valence-electron chi connectivity index (χ0n) is 7.98. The minimum atomic E-state index is 0.156. The molecule has 14 heavy (non-hydrogen) atoms. The normalized spacial score (nSPS) is 10.3. The van der Waals surface area contributed by atoms with Gasteiger partial charge in [0.25, 0.3) is 0 Å². The summed E-state index contributed by atoms with van der Waals surface area (Å²) >= 11 is 0. The number of nitriles is 1. The lowest BCUT2D eigenvalue weighted by Crippen LogP contribution is -1.93. The van der Waals surface area contributed by atoms with Crippen molar-refractivity contribution >= 4 is 6.08 Å². The third-order valence-electron chi connectivity index (χ3n) is 1.94. The third kappa shape index (κ3) is 3.04. The highest BCUT2D eigenvalue weighted by molar-refractivity contribution is 5.53. The Balaban J connectivity index is 2.79. The summed E-state index contributed by atoms with van der Waals surface area (Å²) in [6, 6.07) is 9.93. The zero-order valence-corrected chi connectivity index (χ0v) is 7.98. The predicted molar refractivity (Wildman–Crippen MR) is 56.5 cm³/mol. The van der Waals surface area contributed by atoms with E-state index in [4.69, 9.17) is 10.4 Å². The molecule has 0 spiro atoms. The lowest BCUT2D eigenvalue weighted by atomic mass is 10.0. The monoisotopic (exact) mass is 187 g/mol. The van der Waals surface area contributed by atoms with Gasteiger partial charge in [-0.15, -0.1) is 0 Å². The van der Waals surface area contributed by atoms with E-state index in [9.17, 15) is 0 Å². The highest BCUT2D eigenvalue weighted by atomic mass is 16.2. The lowest BCUT2D eigenvalue weighted by molar-refractivity contribution is 0.299. The Hall–Kier alpha value is -1.59. The molecular formula is C12H13NO. The van der Waals surface area contributed by atoms with Crippen LogP contribution < -0.4 is 0 Å². The largest absolute Gasteiger partial charge is 0.396 e. The van der Waals surface area contributed by atoms with Crippen LogP contribution in [0.1, 0.15) is 17.5 Å². The molecule has 72 valence electrons. The fourth-order valence-electron chi connectivity index (χ4n) is 1.28. The van der Waals surface area contributed by atoms with E-state index < -0.39 is 0 Å². The molecule has 2 heteroatoms. The van der Waals surface area contributed by atoms with Gasteiger partial charge in [0.1, 0.15) is 0 Å². The maximum atomic E-state index is 8.84. The molecule has 0 saturated heterocycles. The Morgan fingerprint density at radius 2 is 2.14 bits per heavy atom. The van der Waals surface area contributed by atoms with Crippen LogP contribution in [0.4, 0.5) is 0 Å². The van der Waals surface area contributed by atoms with Gasteiger partial charge in [-0.25, -0.2) is 0 Å². The van der Waals surface area contributed by atoms with E-state index >= 15 is 0 Å². The van der Waals surface area contributed by atoms with Crippen molar-refractivity contribution in [1.29, 1.82) is 5.26 Å². The molecule has 0 fully saturated rings. The Kier molecular flexibility index (Phi) is 4.46. The maximum absolute atomic E-state index is 8.84. The van der Waals surface area contributed by atoms with Crippen LogP contribution in [0.3, 0.4) is 0 Å². The van der Waals surface area contributed by atoms with Crippen molar-refractivity contribution in [1.82, 2.24) is 0 Å². The predicted octanol–water partition coefficient (Wildman–Crippen LogP) is 2.15. The fourth-order valence-corrected chi connectivity index (χ4v) is 1.28. The van der Waals surface area contributed by atoms with Crippen molar-refractivity contribution < 1.29 is 5.11 Å². The molecule has 0 aliphatic rings. The second-order valence-electron chi connectivity index (χ2n) is 2.94. The van der Waals surface area contributed by atoms with Crippen molar-refractivity contribution in [2.45, 2.75) is 12.8 Å². The number of aliphatic hydroxyl groups excluding tert-OH is 1. The Morgan fingerprint density at radius 1 is 1.36 bits per heavy atom. The van der Waals surface area contributed by atoms with Crippen molar-refractivity contribution in [3.63, 3.8) is 0 Å². The molecule has 0 radical (unpaired) electrons. The molecule has 2 nitrogen and oxygen atoms in total. The summed E-state index contributed by atoms with van der Waals surface area (Å²) in [5, 5.41) is 17.2. The summed E-state index contributed by atoms with van der Waals surface area (Å²) in [6.45, 7) is 0.156. The van der Waals surface area contributed by atoms with Crippen LogP contribution in [-0.4, -0.2) is 11.7 Å². The van der Waals surface area contributed by atoms with Crippen LogP contribution in [0, 0.1) is 11.3 Å². The van der Waals surface area contributed by atoms with Gasteiger partial charge in [-0.1, -0.05) is 36.4 Å². The van der Waals surface area contributed by atoms with E-state index in [0.717, 1.165) is 11.1 Å². The molecule has 0 aromatic heterocycles. The number of benzene rings is 1. The molecule has 0 atom stereocenters. The molecule has 0 saturated carbocycles. The van der Waals surface area contributed by atoms with Crippen molar-refractivity contribution in [2.24, 2.45) is 0 Å². The highest BCUT2D eigenvalue weighted by Gasteiger charge is 1.96. The lowest BCUT2D eigenvalue weighted by Gasteiger charge is -2.02. The number of allylic oxidation sites excluding steroid dienone is 1. The maximum Gasteiger partial charge on any atom is 0.0663 e. The molecule has 1 rings (SSSR count). The van der Waals surface area contributed by atoms with Crippen LogP contribution in [0.2, 0.25) is 0 Å². The van der Waals surface area contributed by atoms with Crippen LogP contribution in [-0.2, 0) is 6.42 Å². The van der Waals surface area contributed by atoms with Gasteiger partial charge in [-0.05, 0) is 17.5 Å². The van der Waals surface area contributed by atoms with Gasteiger partial charge in [0.2, 0.25) is 0 Å². The first kappa shape index (κ1) is 10.5. The smallest absolute Gasteiger partial charge is 0.0663 e. The van der Waals surface area contributed by atoms with Crippen molar-refractivity contribution in [2.75, 3.05) is 6.61 Å². The average molecular weight is 187 g/mol. The Morgan fingerprint density at radius 3 is 2.86 bits per heavy atom. The fraction of sp³-hybridized carbons (Fsp3) is 0.250.